The summed E-state index contributed by atoms with van der Waals surface area (Å²) in [6, 6.07) is 3.03. The van der Waals surface area contributed by atoms with Crippen molar-refractivity contribution in [1.29, 1.82) is 0 Å². The molecule has 10 heteroatoms. The zero-order chi connectivity index (χ0) is 21.9. The third-order valence-electron chi connectivity index (χ3n) is 5.99. The van der Waals surface area contributed by atoms with Crippen molar-refractivity contribution in [1.82, 2.24) is 8.57 Å². The number of carbonyl (C=O) groups is 1. The van der Waals surface area contributed by atoms with E-state index in [-0.39, 0.29) is 40.8 Å². The van der Waals surface area contributed by atoms with Crippen molar-refractivity contribution >= 4 is 56.3 Å². The number of halogens is 2. The Kier molecular flexibility index (Phi) is 5.00. The van der Waals surface area contributed by atoms with Gasteiger partial charge >= 0.3 is 192 Å². The summed E-state index contributed by atoms with van der Waals surface area (Å²) in [4.78, 5) is 21.5. The first-order valence-corrected chi connectivity index (χ1v) is 11.0. The minimum absolute atomic E-state index is 0.0227. The molecule has 0 N–H and O–H groups in total. The summed E-state index contributed by atoms with van der Waals surface area (Å²) in [6.45, 7) is 0.131. The number of anilines is 2. The fourth-order valence-electron chi connectivity index (χ4n) is 4.22. The molecule has 3 aromatic rings. The van der Waals surface area contributed by atoms with Gasteiger partial charge in [0.2, 0.25) is 0 Å². The van der Waals surface area contributed by atoms with E-state index >= 15 is 4.39 Å². The summed E-state index contributed by atoms with van der Waals surface area (Å²) < 4.78 is 27.6. The molecule has 1 aliphatic heterocycles. The minimum atomic E-state index is -0.706. The molecule has 0 saturated heterocycles. The quantitative estimate of drug-likeness (QED) is 0.494. The summed E-state index contributed by atoms with van der Waals surface area (Å²) >= 11 is 9.42. The number of methoxy groups -OCH3 is 2. The summed E-state index contributed by atoms with van der Waals surface area (Å²) in [5.74, 6) is -0.518. The van der Waals surface area contributed by atoms with Gasteiger partial charge in [0.15, 0.2) is 0 Å². The van der Waals surface area contributed by atoms with E-state index in [2.05, 4.69) is 21.2 Å². The predicted molar refractivity (Wildman–Crippen MR) is 117 cm³/mol. The molecule has 3 heterocycles. The molecule has 31 heavy (non-hydrogen) atoms. The van der Waals surface area contributed by atoms with Gasteiger partial charge in [0.1, 0.15) is 0 Å². The van der Waals surface area contributed by atoms with Gasteiger partial charge in [-0.2, -0.15) is 0 Å². The fraction of sp³-hybridized carbons (Fsp3) is 0.333. The van der Waals surface area contributed by atoms with E-state index in [0.29, 0.717) is 0 Å². The van der Waals surface area contributed by atoms with E-state index in [4.69, 9.17) is 21.1 Å². The molecular formula is C21H19ClFN4O3Se. The van der Waals surface area contributed by atoms with Crippen LogP contribution < -0.4 is 19.3 Å². The van der Waals surface area contributed by atoms with Gasteiger partial charge in [0.25, 0.3) is 0 Å². The van der Waals surface area contributed by atoms with Crippen LogP contribution in [0.5, 0.6) is 11.5 Å². The Morgan fingerprint density at radius 1 is 1.23 bits per heavy atom. The van der Waals surface area contributed by atoms with Gasteiger partial charge in [-0.3, -0.25) is 0 Å². The van der Waals surface area contributed by atoms with Crippen molar-refractivity contribution in [2.75, 3.05) is 24.0 Å². The fourth-order valence-corrected chi connectivity index (χ4v) is 4.97. The molecule has 0 spiro atoms. The standard InChI is InChI=1S/C21H19ClFN4O3Se/c1-29-14-8-15(30-2)17(23)19(16(14)22)25-10-11-9-24-20-13(6-7-26(20)31)18(11)27(21(25)28)12-4-3-5-12/h6-9,12H,3-5,10H2,1-2H3. The second-order valence-corrected chi connectivity index (χ2v) is 8.80. The SMILES string of the molecule is COc1cc(OC)c(Cl)c(N2Cc3cnc4c(ccn4[Se])c3N(C3CCC3)C2=O)c1F. The van der Waals surface area contributed by atoms with Crippen molar-refractivity contribution in [3.63, 3.8) is 0 Å². The van der Waals surface area contributed by atoms with Crippen molar-refractivity contribution in [2.45, 2.75) is 31.8 Å². The molecule has 1 fully saturated rings. The van der Waals surface area contributed by atoms with Crippen LogP contribution in [0.2, 0.25) is 5.02 Å². The van der Waals surface area contributed by atoms with E-state index in [9.17, 15) is 4.79 Å². The first kappa shape index (κ1) is 20.4. The second-order valence-electron chi connectivity index (χ2n) is 7.59. The van der Waals surface area contributed by atoms with Crippen LogP contribution >= 0.6 is 11.6 Å². The molecule has 0 atom stereocenters. The number of benzene rings is 1. The van der Waals surface area contributed by atoms with E-state index in [1.165, 1.54) is 25.2 Å². The van der Waals surface area contributed by atoms with Gasteiger partial charge in [-0.15, -0.1) is 0 Å². The maximum atomic E-state index is 15.4. The van der Waals surface area contributed by atoms with E-state index in [0.717, 1.165) is 41.5 Å². The molecule has 1 aromatic carbocycles. The van der Waals surface area contributed by atoms with E-state index in [1.807, 2.05) is 12.3 Å². The molecule has 161 valence electrons. The van der Waals surface area contributed by atoms with Crippen LogP contribution in [-0.2, 0) is 6.54 Å². The molecule has 2 aliphatic rings. The molecule has 7 nitrogen and oxygen atoms in total. The first-order valence-electron chi connectivity index (χ1n) is 9.83. The molecule has 0 bridgehead atoms. The Morgan fingerprint density at radius 2 is 1.97 bits per heavy atom. The molecule has 1 saturated carbocycles. The van der Waals surface area contributed by atoms with Crippen LogP contribution in [0.25, 0.3) is 11.0 Å². The number of aromatic nitrogens is 2. The number of hydrogen-bond acceptors (Lipinski definition) is 4. The number of ether oxygens (including phenoxy) is 2. The van der Waals surface area contributed by atoms with E-state index < -0.39 is 5.82 Å². The second kappa shape index (κ2) is 7.58. The van der Waals surface area contributed by atoms with E-state index in [1.54, 1.807) is 14.7 Å². The molecule has 2 aromatic heterocycles. The number of nitrogens with zero attached hydrogens (tertiary/aromatic N) is 4. The van der Waals surface area contributed by atoms with Crippen molar-refractivity contribution in [3.8, 4) is 11.5 Å². The van der Waals surface area contributed by atoms with Gasteiger partial charge in [-0.25, -0.2) is 0 Å². The Bertz CT molecular complexity index is 1190. The van der Waals surface area contributed by atoms with Gasteiger partial charge < -0.3 is 0 Å². The van der Waals surface area contributed by atoms with Gasteiger partial charge in [-0.05, 0) is 0 Å². The van der Waals surface area contributed by atoms with Crippen LogP contribution in [0.1, 0.15) is 24.8 Å². The number of amides is 2. The molecule has 5 rings (SSSR count). The van der Waals surface area contributed by atoms with Crippen molar-refractivity contribution in [3.05, 3.63) is 40.9 Å². The monoisotopic (exact) mass is 509 g/mol. The Labute approximate surface area is 191 Å². The Balaban J connectivity index is 1.72. The zero-order valence-corrected chi connectivity index (χ0v) is 19.4. The number of rotatable bonds is 4. The summed E-state index contributed by atoms with van der Waals surface area (Å²) in [7, 11) is 2.79. The topological polar surface area (TPSA) is 59.8 Å². The molecular weight excluding hydrogens is 490 g/mol. The average molecular weight is 509 g/mol. The normalized spacial score (nSPS) is 16.5. The van der Waals surface area contributed by atoms with Gasteiger partial charge in [0, 0.05) is 0 Å². The average Bonchev–Trinajstić information content (AvgIpc) is 3.10. The molecule has 0 unspecified atom stereocenters. The maximum absolute atomic E-state index is 15.4. The van der Waals surface area contributed by atoms with Crippen LogP contribution in [0.3, 0.4) is 0 Å². The van der Waals surface area contributed by atoms with Gasteiger partial charge in [0.05, 0.1) is 0 Å². The van der Waals surface area contributed by atoms with Crippen LogP contribution in [-0.4, -0.2) is 51.1 Å². The number of pyridine rings is 1. The molecule has 1 radical (unpaired) electrons. The Hall–Kier alpha value is -2.48. The van der Waals surface area contributed by atoms with Crippen LogP contribution in [0.4, 0.5) is 20.6 Å². The molecule has 2 amide bonds. The summed E-state index contributed by atoms with van der Waals surface area (Å²) in [5, 5.41) is 0.903. The number of hydrogen-bond donors (Lipinski definition) is 0. The predicted octanol–water partition coefficient (Wildman–Crippen LogP) is 4.28. The summed E-state index contributed by atoms with van der Waals surface area (Å²) in [5.41, 5.74) is 2.34. The summed E-state index contributed by atoms with van der Waals surface area (Å²) in [6.07, 6.45) is 6.43. The first-order chi connectivity index (χ1) is 15.0. The van der Waals surface area contributed by atoms with Crippen molar-refractivity contribution < 1.29 is 18.7 Å². The Morgan fingerprint density at radius 3 is 2.61 bits per heavy atom. The number of fused-ring (bicyclic) bond motifs is 3. The number of urea groups is 1. The third-order valence-corrected chi connectivity index (χ3v) is 6.98. The zero-order valence-electron chi connectivity index (χ0n) is 16.9. The van der Waals surface area contributed by atoms with Crippen LogP contribution in [0.15, 0.2) is 24.5 Å². The van der Waals surface area contributed by atoms with Crippen molar-refractivity contribution in [2.24, 2.45) is 0 Å². The van der Waals surface area contributed by atoms with Gasteiger partial charge in [-0.1, -0.05) is 0 Å². The number of carbonyl (C=O) groups excluding carboxylic acids is 1. The van der Waals surface area contributed by atoms with Crippen LogP contribution in [0, 0.1) is 5.82 Å². The molecule has 1 aliphatic carbocycles. The third kappa shape index (κ3) is 2.98.